The number of carbonyl (C=O) groups is 1. The minimum absolute atomic E-state index is 0.186. The molecule has 31 heavy (non-hydrogen) atoms. The molecule has 1 aliphatic heterocycles. The molecule has 0 radical (unpaired) electrons. The molecule has 0 saturated carbocycles. The Bertz CT molecular complexity index is 1220. The number of nitrogens with two attached hydrogens (primary N) is 1. The van der Waals surface area contributed by atoms with Gasteiger partial charge in [-0.1, -0.05) is 48.5 Å². The topological polar surface area (TPSA) is 71.2 Å². The number of benzene rings is 2. The summed E-state index contributed by atoms with van der Waals surface area (Å²) >= 11 is 1.37. The third kappa shape index (κ3) is 4.17. The molecule has 1 aliphatic rings. The fraction of sp³-hybridized carbons (Fsp3) is 0.200. The first-order valence-corrected chi connectivity index (χ1v) is 11.3. The first-order chi connectivity index (χ1) is 15.2. The number of nitrogen functional groups attached to an aromatic ring is 1. The SMILES string of the molecule is Nc1c(C(=O)Nc2ccccc2)sc2nc3c(cc12)CN(CCc1ccccc1)CC3. The third-order valence-corrected chi connectivity index (χ3v) is 6.86. The standard InChI is InChI=1S/C25H24N4OS/c26-22-20-15-18-16-29(13-11-17-7-3-1-4-8-17)14-12-21(18)28-25(20)31-23(22)24(30)27-19-9-5-2-6-10-19/h1-10,15H,11-14,16,26H2,(H,27,30). The van der Waals surface area contributed by atoms with E-state index in [1.165, 1.54) is 22.5 Å². The second kappa shape index (κ2) is 8.49. The van der Waals surface area contributed by atoms with E-state index in [0.717, 1.165) is 54.1 Å². The summed E-state index contributed by atoms with van der Waals surface area (Å²) in [7, 11) is 0. The molecule has 0 unspecified atom stereocenters. The predicted molar refractivity (Wildman–Crippen MR) is 128 cm³/mol. The van der Waals surface area contributed by atoms with Gasteiger partial charge >= 0.3 is 0 Å². The van der Waals surface area contributed by atoms with Crippen molar-refractivity contribution < 1.29 is 4.79 Å². The number of anilines is 2. The molecule has 156 valence electrons. The van der Waals surface area contributed by atoms with Crippen LogP contribution in [0.3, 0.4) is 0 Å². The van der Waals surface area contributed by atoms with Crippen LogP contribution in [0.5, 0.6) is 0 Å². The lowest BCUT2D eigenvalue weighted by Gasteiger charge is -2.28. The van der Waals surface area contributed by atoms with E-state index in [9.17, 15) is 4.79 Å². The van der Waals surface area contributed by atoms with E-state index in [-0.39, 0.29) is 5.91 Å². The lowest BCUT2D eigenvalue weighted by atomic mass is 10.0. The van der Waals surface area contributed by atoms with Crippen LogP contribution in [0.2, 0.25) is 0 Å². The monoisotopic (exact) mass is 428 g/mol. The number of nitrogens with one attached hydrogen (secondary N) is 1. The Morgan fingerprint density at radius 2 is 1.84 bits per heavy atom. The van der Waals surface area contributed by atoms with Crippen LogP contribution in [-0.4, -0.2) is 28.9 Å². The zero-order valence-electron chi connectivity index (χ0n) is 17.2. The van der Waals surface area contributed by atoms with E-state index >= 15 is 0 Å². The van der Waals surface area contributed by atoms with Gasteiger partial charge in [-0.15, -0.1) is 11.3 Å². The molecule has 0 bridgehead atoms. The van der Waals surface area contributed by atoms with Gasteiger partial charge in [-0.3, -0.25) is 9.69 Å². The maximum absolute atomic E-state index is 12.8. The van der Waals surface area contributed by atoms with Gasteiger partial charge in [-0.05, 0) is 35.7 Å². The zero-order chi connectivity index (χ0) is 21.2. The Morgan fingerprint density at radius 3 is 2.61 bits per heavy atom. The number of hydrogen-bond donors (Lipinski definition) is 2. The lowest BCUT2D eigenvalue weighted by Crippen LogP contribution is -2.32. The van der Waals surface area contributed by atoms with Crippen molar-refractivity contribution >= 4 is 38.8 Å². The first-order valence-electron chi connectivity index (χ1n) is 10.5. The van der Waals surface area contributed by atoms with Crippen LogP contribution in [0.15, 0.2) is 66.7 Å². The number of nitrogens with zero attached hydrogens (tertiary/aromatic N) is 2. The average molecular weight is 429 g/mol. The minimum Gasteiger partial charge on any atom is -0.397 e. The quantitative estimate of drug-likeness (QED) is 0.482. The van der Waals surface area contributed by atoms with Crippen molar-refractivity contribution in [3.8, 4) is 0 Å². The number of aromatic nitrogens is 1. The average Bonchev–Trinajstić information content (AvgIpc) is 3.13. The first kappa shape index (κ1) is 19.7. The van der Waals surface area contributed by atoms with Crippen molar-refractivity contribution in [1.29, 1.82) is 0 Å². The van der Waals surface area contributed by atoms with Crippen LogP contribution < -0.4 is 11.1 Å². The predicted octanol–water partition coefficient (Wildman–Crippen LogP) is 4.73. The molecule has 0 saturated heterocycles. The molecule has 1 amide bonds. The number of hydrogen-bond acceptors (Lipinski definition) is 5. The summed E-state index contributed by atoms with van der Waals surface area (Å²) in [4.78, 5) is 21.5. The molecule has 6 heteroatoms. The van der Waals surface area contributed by atoms with E-state index in [1.807, 2.05) is 30.3 Å². The molecule has 4 aromatic rings. The van der Waals surface area contributed by atoms with Gasteiger partial charge in [-0.2, -0.15) is 0 Å². The smallest absolute Gasteiger partial charge is 0.267 e. The van der Waals surface area contributed by atoms with Gasteiger partial charge in [-0.25, -0.2) is 4.98 Å². The van der Waals surface area contributed by atoms with Crippen LogP contribution >= 0.6 is 11.3 Å². The molecule has 3 heterocycles. The number of rotatable bonds is 5. The molecule has 0 spiro atoms. The highest BCUT2D eigenvalue weighted by Gasteiger charge is 2.22. The van der Waals surface area contributed by atoms with Gasteiger partial charge in [0.1, 0.15) is 9.71 Å². The molecule has 3 N–H and O–H groups in total. The van der Waals surface area contributed by atoms with Crippen LogP contribution in [0, 0.1) is 0 Å². The van der Waals surface area contributed by atoms with Crippen LogP contribution in [0.1, 0.15) is 26.5 Å². The summed E-state index contributed by atoms with van der Waals surface area (Å²) in [6.07, 6.45) is 1.96. The molecule has 0 aliphatic carbocycles. The highest BCUT2D eigenvalue weighted by molar-refractivity contribution is 7.21. The third-order valence-electron chi connectivity index (χ3n) is 5.75. The minimum atomic E-state index is -0.186. The summed E-state index contributed by atoms with van der Waals surface area (Å²) in [5, 5.41) is 3.81. The van der Waals surface area contributed by atoms with Crippen LogP contribution in [0.4, 0.5) is 11.4 Å². The lowest BCUT2D eigenvalue weighted by molar-refractivity contribution is 0.103. The molecular formula is C25H24N4OS. The van der Waals surface area contributed by atoms with Crippen molar-refractivity contribution in [2.45, 2.75) is 19.4 Å². The summed E-state index contributed by atoms with van der Waals surface area (Å²) in [6.45, 7) is 2.89. The number of carbonyl (C=O) groups excluding carboxylic acids is 1. The van der Waals surface area contributed by atoms with E-state index in [0.29, 0.717) is 10.6 Å². The molecule has 0 fully saturated rings. The number of pyridine rings is 1. The van der Waals surface area contributed by atoms with E-state index in [4.69, 9.17) is 10.7 Å². The summed E-state index contributed by atoms with van der Waals surface area (Å²) < 4.78 is 0. The maximum Gasteiger partial charge on any atom is 0.267 e. The van der Waals surface area contributed by atoms with Crippen molar-refractivity contribution in [3.63, 3.8) is 0 Å². The van der Waals surface area contributed by atoms with Gasteiger partial charge in [0.05, 0.1) is 5.69 Å². The molecule has 2 aromatic carbocycles. The van der Waals surface area contributed by atoms with Gasteiger partial charge in [0.15, 0.2) is 0 Å². The Kier molecular flexibility index (Phi) is 5.40. The molecular weight excluding hydrogens is 404 g/mol. The number of thiophene rings is 1. The number of amides is 1. The van der Waals surface area contributed by atoms with Crippen molar-refractivity contribution in [1.82, 2.24) is 9.88 Å². The van der Waals surface area contributed by atoms with Crippen molar-refractivity contribution in [3.05, 3.63) is 88.4 Å². The van der Waals surface area contributed by atoms with Gasteiger partial charge < -0.3 is 11.1 Å². The van der Waals surface area contributed by atoms with E-state index in [2.05, 4.69) is 46.6 Å². The van der Waals surface area contributed by atoms with Crippen molar-refractivity contribution in [2.24, 2.45) is 0 Å². The van der Waals surface area contributed by atoms with Gasteiger partial charge in [0.25, 0.3) is 5.91 Å². The van der Waals surface area contributed by atoms with E-state index in [1.54, 1.807) is 0 Å². The number of fused-ring (bicyclic) bond motifs is 2. The summed E-state index contributed by atoms with van der Waals surface area (Å²) in [5.41, 5.74) is 11.4. The Hall–Kier alpha value is -3.22. The fourth-order valence-electron chi connectivity index (χ4n) is 4.06. The highest BCUT2D eigenvalue weighted by atomic mass is 32.1. The Balaban J connectivity index is 1.35. The summed E-state index contributed by atoms with van der Waals surface area (Å²) in [6, 6.07) is 22.2. The maximum atomic E-state index is 12.8. The summed E-state index contributed by atoms with van der Waals surface area (Å²) in [5.74, 6) is -0.186. The van der Waals surface area contributed by atoms with Crippen LogP contribution in [0.25, 0.3) is 10.2 Å². The fourth-order valence-corrected chi connectivity index (χ4v) is 5.05. The second-order valence-corrected chi connectivity index (χ2v) is 8.87. The molecule has 0 atom stereocenters. The molecule has 5 rings (SSSR count). The van der Waals surface area contributed by atoms with Crippen molar-refractivity contribution in [2.75, 3.05) is 24.1 Å². The molecule has 2 aromatic heterocycles. The van der Waals surface area contributed by atoms with Crippen LogP contribution in [-0.2, 0) is 19.4 Å². The van der Waals surface area contributed by atoms with Gasteiger partial charge in [0, 0.05) is 42.8 Å². The normalized spacial score (nSPS) is 13.8. The highest BCUT2D eigenvalue weighted by Crippen LogP contribution is 2.35. The largest absolute Gasteiger partial charge is 0.397 e. The number of para-hydroxylation sites is 1. The Labute approximate surface area is 185 Å². The molecule has 5 nitrogen and oxygen atoms in total. The zero-order valence-corrected chi connectivity index (χ0v) is 18.0. The van der Waals surface area contributed by atoms with E-state index < -0.39 is 0 Å². The second-order valence-electron chi connectivity index (χ2n) is 7.87. The Morgan fingerprint density at radius 1 is 1.10 bits per heavy atom. The van der Waals surface area contributed by atoms with Gasteiger partial charge in [0.2, 0.25) is 0 Å².